The van der Waals surface area contributed by atoms with Gasteiger partial charge in [-0.05, 0) is 12.2 Å². The van der Waals surface area contributed by atoms with Crippen LogP contribution in [0.4, 0.5) is 0 Å². The Morgan fingerprint density at radius 1 is 1.54 bits per heavy atom. The number of amides is 1. The lowest BCUT2D eigenvalue weighted by molar-refractivity contribution is -0.120. The average molecular weight is 200 g/mol. The van der Waals surface area contributed by atoms with Crippen molar-refractivity contribution in [2.75, 3.05) is 11.5 Å². The van der Waals surface area contributed by atoms with E-state index in [9.17, 15) is 4.79 Å². The van der Waals surface area contributed by atoms with Gasteiger partial charge in [-0.15, -0.1) is 0 Å². The molecule has 1 N–H and O–H groups in total. The Morgan fingerprint density at radius 3 is 2.92 bits per heavy atom. The lowest BCUT2D eigenvalue weighted by Gasteiger charge is -1.99. The van der Waals surface area contributed by atoms with Gasteiger partial charge in [0.2, 0.25) is 5.91 Å². The van der Waals surface area contributed by atoms with E-state index in [1.54, 1.807) is 11.8 Å². The zero-order valence-electron chi connectivity index (χ0n) is 8.17. The van der Waals surface area contributed by atoms with Crippen molar-refractivity contribution in [3.05, 3.63) is 0 Å². The van der Waals surface area contributed by atoms with Crippen LogP contribution in [0.25, 0.3) is 0 Å². The second kappa shape index (κ2) is 5.27. The van der Waals surface area contributed by atoms with Gasteiger partial charge < -0.3 is 5.32 Å². The summed E-state index contributed by atoms with van der Waals surface area (Å²) in [4.78, 5) is 15.6. The fourth-order valence-corrected chi connectivity index (χ4v) is 1.79. The Morgan fingerprint density at radius 2 is 2.31 bits per heavy atom. The molecule has 0 saturated carbocycles. The standard InChI is InChI=1S/C9H16N2OS/c1-3-5-7-9(12)11-8(10-7)6-13-4-2/h7H,3-6H2,1-2H3,(H,10,11,12). The lowest BCUT2D eigenvalue weighted by atomic mass is 10.2. The van der Waals surface area contributed by atoms with E-state index in [0.29, 0.717) is 0 Å². The largest absolute Gasteiger partial charge is 0.312 e. The van der Waals surface area contributed by atoms with Gasteiger partial charge in [0.1, 0.15) is 11.9 Å². The molecule has 1 atom stereocenters. The summed E-state index contributed by atoms with van der Waals surface area (Å²) < 4.78 is 0. The van der Waals surface area contributed by atoms with E-state index in [4.69, 9.17) is 0 Å². The third kappa shape index (κ3) is 3.03. The van der Waals surface area contributed by atoms with Gasteiger partial charge in [0.05, 0.1) is 5.75 Å². The minimum atomic E-state index is -0.113. The molecule has 0 aromatic carbocycles. The molecule has 0 saturated heterocycles. The van der Waals surface area contributed by atoms with Crippen LogP contribution in [0.15, 0.2) is 4.99 Å². The topological polar surface area (TPSA) is 41.5 Å². The molecule has 74 valence electrons. The van der Waals surface area contributed by atoms with Crippen LogP contribution in [0.2, 0.25) is 0 Å². The summed E-state index contributed by atoms with van der Waals surface area (Å²) in [5.41, 5.74) is 0. The van der Waals surface area contributed by atoms with E-state index in [-0.39, 0.29) is 11.9 Å². The van der Waals surface area contributed by atoms with Gasteiger partial charge in [0.15, 0.2) is 0 Å². The monoisotopic (exact) mass is 200 g/mol. The molecule has 1 rings (SSSR count). The molecule has 1 aliphatic heterocycles. The number of nitrogens with one attached hydrogen (secondary N) is 1. The zero-order chi connectivity index (χ0) is 9.68. The number of hydrogen-bond donors (Lipinski definition) is 1. The summed E-state index contributed by atoms with van der Waals surface area (Å²) in [6, 6.07) is -0.113. The number of aliphatic imine (C=N–C) groups is 1. The number of nitrogens with zero attached hydrogens (tertiary/aromatic N) is 1. The quantitative estimate of drug-likeness (QED) is 0.729. The van der Waals surface area contributed by atoms with E-state index in [0.717, 1.165) is 30.2 Å². The maximum absolute atomic E-state index is 11.3. The second-order valence-electron chi connectivity index (χ2n) is 3.01. The van der Waals surface area contributed by atoms with Crippen molar-refractivity contribution in [3.63, 3.8) is 0 Å². The first kappa shape index (κ1) is 10.6. The molecule has 0 bridgehead atoms. The second-order valence-corrected chi connectivity index (χ2v) is 4.28. The maximum atomic E-state index is 11.3. The van der Waals surface area contributed by atoms with Gasteiger partial charge in [0.25, 0.3) is 0 Å². The zero-order valence-corrected chi connectivity index (χ0v) is 8.99. The summed E-state index contributed by atoms with van der Waals surface area (Å²) in [5.74, 6) is 2.83. The van der Waals surface area contributed by atoms with Crippen LogP contribution in [0.1, 0.15) is 26.7 Å². The van der Waals surface area contributed by atoms with Gasteiger partial charge in [-0.3, -0.25) is 9.79 Å². The van der Waals surface area contributed by atoms with Crippen LogP contribution < -0.4 is 5.32 Å². The number of carbonyl (C=O) groups excluding carboxylic acids is 1. The average Bonchev–Trinajstić information content (AvgIpc) is 2.45. The molecule has 0 aromatic heterocycles. The number of hydrogen-bond acceptors (Lipinski definition) is 3. The fourth-order valence-electron chi connectivity index (χ4n) is 1.25. The summed E-state index contributed by atoms with van der Waals surface area (Å²) in [6.45, 7) is 4.17. The number of amidine groups is 1. The molecule has 0 fully saturated rings. The first-order valence-electron chi connectivity index (χ1n) is 4.73. The van der Waals surface area contributed by atoms with Gasteiger partial charge >= 0.3 is 0 Å². The van der Waals surface area contributed by atoms with Gasteiger partial charge in [0, 0.05) is 0 Å². The Hall–Kier alpha value is -0.510. The molecule has 0 radical (unpaired) electrons. The SMILES string of the molecule is CCCC1N=C(CSCC)NC1=O. The molecule has 1 amide bonds. The molecule has 0 spiro atoms. The predicted molar refractivity (Wildman–Crippen MR) is 57.3 cm³/mol. The normalized spacial score (nSPS) is 21.5. The Balaban J connectivity index is 2.41. The molecule has 13 heavy (non-hydrogen) atoms. The van der Waals surface area contributed by atoms with Crippen molar-refractivity contribution >= 4 is 23.5 Å². The van der Waals surface area contributed by atoms with Gasteiger partial charge in [-0.1, -0.05) is 20.3 Å². The third-order valence-electron chi connectivity index (χ3n) is 1.89. The molecular weight excluding hydrogens is 184 g/mol. The summed E-state index contributed by atoms with van der Waals surface area (Å²) in [6.07, 6.45) is 1.88. The first-order valence-corrected chi connectivity index (χ1v) is 5.88. The lowest BCUT2D eigenvalue weighted by Crippen LogP contribution is -2.29. The molecule has 3 nitrogen and oxygen atoms in total. The van der Waals surface area contributed by atoms with Crippen molar-refractivity contribution in [2.24, 2.45) is 4.99 Å². The maximum Gasteiger partial charge on any atom is 0.250 e. The van der Waals surface area contributed by atoms with E-state index in [2.05, 4.69) is 24.2 Å². The smallest absolute Gasteiger partial charge is 0.250 e. The minimum absolute atomic E-state index is 0.0774. The number of carbonyl (C=O) groups is 1. The summed E-state index contributed by atoms with van der Waals surface area (Å²) in [7, 11) is 0. The van der Waals surface area contributed by atoms with Crippen molar-refractivity contribution < 1.29 is 4.79 Å². The summed E-state index contributed by atoms with van der Waals surface area (Å²) in [5, 5.41) is 2.81. The van der Waals surface area contributed by atoms with E-state index < -0.39 is 0 Å². The van der Waals surface area contributed by atoms with Crippen LogP contribution in [-0.4, -0.2) is 29.3 Å². The van der Waals surface area contributed by atoms with Crippen molar-refractivity contribution in [3.8, 4) is 0 Å². The molecule has 0 aliphatic carbocycles. The highest BCUT2D eigenvalue weighted by Crippen LogP contribution is 2.10. The Bertz CT molecular complexity index is 216. The summed E-state index contributed by atoms with van der Waals surface area (Å²) >= 11 is 1.78. The van der Waals surface area contributed by atoms with Crippen LogP contribution in [0.5, 0.6) is 0 Å². The van der Waals surface area contributed by atoms with Gasteiger partial charge in [-0.2, -0.15) is 11.8 Å². The van der Waals surface area contributed by atoms with E-state index in [1.807, 2.05) is 0 Å². The minimum Gasteiger partial charge on any atom is -0.312 e. The highest BCUT2D eigenvalue weighted by atomic mass is 32.2. The molecule has 0 aromatic rings. The first-order chi connectivity index (χ1) is 6.27. The van der Waals surface area contributed by atoms with Crippen LogP contribution >= 0.6 is 11.8 Å². The van der Waals surface area contributed by atoms with Crippen LogP contribution in [0.3, 0.4) is 0 Å². The molecule has 1 heterocycles. The van der Waals surface area contributed by atoms with Crippen molar-refractivity contribution in [1.29, 1.82) is 0 Å². The highest BCUT2D eigenvalue weighted by Gasteiger charge is 2.24. The van der Waals surface area contributed by atoms with Crippen LogP contribution in [-0.2, 0) is 4.79 Å². The van der Waals surface area contributed by atoms with Crippen molar-refractivity contribution in [2.45, 2.75) is 32.7 Å². The Labute approximate surface area is 83.4 Å². The van der Waals surface area contributed by atoms with E-state index >= 15 is 0 Å². The Kier molecular flexibility index (Phi) is 4.28. The van der Waals surface area contributed by atoms with Crippen LogP contribution in [0, 0.1) is 0 Å². The van der Waals surface area contributed by atoms with Gasteiger partial charge in [-0.25, -0.2) is 0 Å². The number of rotatable bonds is 5. The molecule has 1 unspecified atom stereocenters. The van der Waals surface area contributed by atoms with E-state index in [1.165, 1.54) is 0 Å². The highest BCUT2D eigenvalue weighted by molar-refractivity contribution is 7.99. The molecule has 4 heteroatoms. The predicted octanol–water partition coefficient (Wildman–Crippen LogP) is 1.44. The molecule has 1 aliphatic rings. The third-order valence-corrected chi connectivity index (χ3v) is 2.77. The number of thioether (sulfide) groups is 1. The van der Waals surface area contributed by atoms with Crippen molar-refractivity contribution in [1.82, 2.24) is 5.32 Å². The fraction of sp³-hybridized carbons (Fsp3) is 0.778. The molecular formula is C9H16N2OS.